The Labute approximate surface area is 81.5 Å². The molecule has 1 saturated carbocycles. The number of rotatable bonds is 2. The van der Waals surface area contributed by atoms with Crippen molar-refractivity contribution in [1.29, 1.82) is 5.26 Å². The van der Waals surface area contributed by atoms with Crippen LogP contribution in [0.2, 0.25) is 0 Å². The van der Waals surface area contributed by atoms with Crippen LogP contribution in [-0.2, 0) is 0 Å². The van der Waals surface area contributed by atoms with Crippen LogP contribution in [0.5, 0.6) is 0 Å². The second kappa shape index (κ2) is 4.11. The maximum Gasteiger partial charge on any atom is 0.108 e. The SMILES string of the molecule is CCC1CCC(C#N)(N(C)C)CC1. The zero-order valence-corrected chi connectivity index (χ0v) is 9.01. The molecule has 1 fully saturated rings. The molecule has 0 radical (unpaired) electrons. The van der Waals surface area contributed by atoms with Gasteiger partial charge in [0.1, 0.15) is 5.54 Å². The molecule has 0 unspecified atom stereocenters. The molecular weight excluding hydrogens is 160 g/mol. The minimum atomic E-state index is -0.161. The normalized spacial score (nSPS) is 34.5. The van der Waals surface area contributed by atoms with E-state index in [0.717, 1.165) is 18.8 Å². The number of nitriles is 1. The summed E-state index contributed by atoms with van der Waals surface area (Å²) < 4.78 is 0. The van der Waals surface area contributed by atoms with Crippen molar-refractivity contribution in [1.82, 2.24) is 4.90 Å². The molecule has 0 aromatic rings. The molecule has 13 heavy (non-hydrogen) atoms. The van der Waals surface area contributed by atoms with Gasteiger partial charge >= 0.3 is 0 Å². The highest BCUT2D eigenvalue weighted by atomic mass is 15.1. The fraction of sp³-hybridized carbons (Fsp3) is 0.909. The van der Waals surface area contributed by atoms with Crippen LogP contribution in [0.1, 0.15) is 39.0 Å². The lowest BCUT2D eigenvalue weighted by Crippen LogP contribution is -2.45. The van der Waals surface area contributed by atoms with E-state index in [1.54, 1.807) is 0 Å². The van der Waals surface area contributed by atoms with E-state index in [9.17, 15) is 5.26 Å². The summed E-state index contributed by atoms with van der Waals surface area (Å²) in [5.41, 5.74) is -0.161. The molecule has 0 aromatic heterocycles. The third kappa shape index (κ3) is 2.03. The molecule has 0 spiro atoms. The van der Waals surface area contributed by atoms with Gasteiger partial charge in [-0.25, -0.2) is 0 Å². The molecule has 0 aromatic carbocycles. The van der Waals surface area contributed by atoms with Crippen LogP contribution in [-0.4, -0.2) is 24.5 Å². The highest BCUT2D eigenvalue weighted by Crippen LogP contribution is 2.35. The molecule has 1 rings (SSSR count). The first-order valence-electron chi connectivity index (χ1n) is 5.23. The summed E-state index contributed by atoms with van der Waals surface area (Å²) in [4.78, 5) is 2.10. The molecule has 0 amide bonds. The van der Waals surface area contributed by atoms with E-state index in [0.29, 0.717) is 0 Å². The molecule has 2 nitrogen and oxygen atoms in total. The molecule has 0 atom stereocenters. The Balaban J connectivity index is 2.60. The van der Waals surface area contributed by atoms with Gasteiger partial charge in [0.15, 0.2) is 0 Å². The summed E-state index contributed by atoms with van der Waals surface area (Å²) in [5, 5.41) is 9.18. The largest absolute Gasteiger partial charge is 0.292 e. The van der Waals surface area contributed by atoms with Crippen molar-refractivity contribution < 1.29 is 0 Å². The van der Waals surface area contributed by atoms with E-state index in [2.05, 4.69) is 17.9 Å². The van der Waals surface area contributed by atoms with Crippen LogP contribution in [0.3, 0.4) is 0 Å². The van der Waals surface area contributed by atoms with Crippen molar-refractivity contribution in [2.75, 3.05) is 14.1 Å². The predicted molar refractivity (Wildman–Crippen MR) is 54.3 cm³/mol. The van der Waals surface area contributed by atoms with Crippen LogP contribution < -0.4 is 0 Å². The van der Waals surface area contributed by atoms with Gasteiger partial charge in [0.25, 0.3) is 0 Å². The van der Waals surface area contributed by atoms with Crippen molar-refractivity contribution in [3.8, 4) is 6.07 Å². The van der Waals surface area contributed by atoms with Crippen molar-refractivity contribution in [2.24, 2.45) is 5.92 Å². The van der Waals surface area contributed by atoms with E-state index in [1.165, 1.54) is 19.3 Å². The first-order valence-corrected chi connectivity index (χ1v) is 5.23. The summed E-state index contributed by atoms with van der Waals surface area (Å²) in [6, 6.07) is 2.49. The molecule has 0 bridgehead atoms. The summed E-state index contributed by atoms with van der Waals surface area (Å²) >= 11 is 0. The summed E-state index contributed by atoms with van der Waals surface area (Å²) in [5.74, 6) is 0.862. The summed E-state index contributed by atoms with van der Waals surface area (Å²) in [6.07, 6.45) is 5.82. The van der Waals surface area contributed by atoms with Crippen LogP contribution in [0.15, 0.2) is 0 Å². The molecule has 1 aliphatic rings. The lowest BCUT2D eigenvalue weighted by atomic mass is 9.76. The van der Waals surface area contributed by atoms with Crippen molar-refractivity contribution in [3.05, 3.63) is 0 Å². The quantitative estimate of drug-likeness (QED) is 0.652. The summed E-state index contributed by atoms with van der Waals surface area (Å²) in [6.45, 7) is 2.25. The average molecular weight is 180 g/mol. The smallest absolute Gasteiger partial charge is 0.108 e. The molecule has 1 aliphatic carbocycles. The Kier molecular flexibility index (Phi) is 3.33. The van der Waals surface area contributed by atoms with Crippen LogP contribution in [0, 0.1) is 17.2 Å². The van der Waals surface area contributed by atoms with Gasteiger partial charge in [-0.05, 0) is 45.7 Å². The van der Waals surface area contributed by atoms with E-state index < -0.39 is 0 Å². The highest BCUT2D eigenvalue weighted by molar-refractivity contribution is 5.08. The molecule has 74 valence electrons. The van der Waals surface area contributed by atoms with E-state index >= 15 is 0 Å². The Bertz CT molecular complexity index is 195. The zero-order valence-electron chi connectivity index (χ0n) is 9.01. The van der Waals surface area contributed by atoms with Gasteiger partial charge in [0.2, 0.25) is 0 Å². The fourth-order valence-corrected chi connectivity index (χ4v) is 2.22. The lowest BCUT2D eigenvalue weighted by Gasteiger charge is -2.39. The van der Waals surface area contributed by atoms with Gasteiger partial charge in [-0.15, -0.1) is 0 Å². The van der Waals surface area contributed by atoms with Gasteiger partial charge in [-0.2, -0.15) is 5.26 Å². The predicted octanol–water partition coefficient (Wildman–Crippen LogP) is 2.41. The van der Waals surface area contributed by atoms with Gasteiger partial charge in [-0.3, -0.25) is 4.90 Å². The maximum atomic E-state index is 9.18. The maximum absolute atomic E-state index is 9.18. The number of hydrogen-bond acceptors (Lipinski definition) is 2. The third-order valence-electron chi connectivity index (χ3n) is 3.57. The lowest BCUT2D eigenvalue weighted by molar-refractivity contribution is 0.130. The molecule has 0 aliphatic heterocycles. The Morgan fingerprint density at radius 2 is 1.92 bits per heavy atom. The molecule has 0 N–H and O–H groups in total. The van der Waals surface area contributed by atoms with Crippen LogP contribution >= 0.6 is 0 Å². The minimum Gasteiger partial charge on any atom is -0.292 e. The van der Waals surface area contributed by atoms with E-state index in [-0.39, 0.29) is 5.54 Å². The Hall–Kier alpha value is -0.550. The van der Waals surface area contributed by atoms with Gasteiger partial charge in [0, 0.05) is 0 Å². The van der Waals surface area contributed by atoms with E-state index in [4.69, 9.17) is 0 Å². The second-order valence-electron chi connectivity index (χ2n) is 4.39. The second-order valence-corrected chi connectivity index (χ2v) is 4.39. The van der Waals surface area contributed by atoms with Gasteiger partial charge in [0.05, 0.1) is 6.07 Å². The fourth-order valence-electron chi connectivity index (χ4n) is 2.22. The van der Waals surface area contributed by atoms with Gasteiger partial charge in [-0.1, -0.05) is 13.3 Å². The number of hydrogen-bond donors (Lipinski definition) is 0. The molecule has 0 saturated heterocycles. The first kappa shape index (κ1) is 10.5. The standard InChI is InChI=1S/C11H20N2/c1-4-10-5-7-11(9-12,8-6-10)13(2)3/h10H,4-8H2,1-3H3. The van der Waals surface area contributed by atoms with E-state index in [1.807, 2.05) is 14.1 Å². The van der Waals surface area contributed by atoms with Crippen molar-refractivity contribution in [2.45, 2.75) is 44.6 Å². The van der Waals surface area contributed by atoms with Crippen LogP contribution in [0.4, 0.5) is 0 Å². The minimum absolute atomic E-state index is 0.161. The van der Waals surface area contributed by atoms with Gasteiger partial charge < -0.3 is 0 Å². The zero-order chi connectivity index (χ0) is 9.90. The van der Waals surface area contributed by atoms with Crippen molar-refractivity contribution in [3.63, 3.8) is 0 Å². The topological polar surface area (TPSA) is 27.0 Å². The summed E-state index contributed by atoms with van der Waals surface area (Å²) in [7, 11) is 4.05. The highest BCUT2D eigenvalue weighted by Gasteiger charge is 2.36. The van der Waals surface area contributed by atoms with Crippen molar-refractivity contribution >= 4 is 0 Å². The number of nitrogens with zero attached hydrogens (tertiary/aromatic N) is 2. The third-order valence-corrected chi connectivity index (χ3v) is 3.57. The molecule has 2 heteroatoms. The first-order chi connectivity index (χ1) is 6.14. The average Bonchev–Trinajstić information content (AvgIpc) is 2.17. The van der Waals surface area contributed by atoms with Crippen LogP contribution in [0.25, 0.3) is 0 Å². The Morgan fingerprint density at radius 1 is 1.38 bits per heavy atom. The molecule has 0 heterocycles. The molecular formula is C11H20N2. The Morgan fingerprint density at radius 3 is 2.23 bits per heavy atom. The monoisotopic (exact) mass is 180 g/mol.